The van der Waals surface area contributed by atoms with Crippen LogP contribution >= 0.6 is 0 Å². The van der Waals surface area contributed by atoms with Crippen LogP contribution in [-0.2, 0) is 13.1 Å². The van der Waals surface area contributed by atoms with Crippen LogP contribution in [0.25, 0.3) is 11.3 Å². The SMILES string of the molecule is O=c1cc(-c2ccncc2)nc(NCc2cccc(CNc3ncccn3)c2)[nH]1. The number of hydrogen-bond donors (Lipinski definition) is 3. The maximum absolute atomic E-state index is 12.0. The molecule has 29 heavy (non-hydrogen) atoms. The molecule has 0 bridgehead atoms. The highest BCUT2D eigenvalue weighted by molar-refractivity contribution is 5.59. The van der Waals surface area contributed by atoms with Crippen LogP contribution in [0.2, 0.25) is 0 Å². The van der Waals surface area contributed by atoms with Crippen LogP contribution in [-0.4, -0.2) is 24.9 Å². The van der Waals surface area contributed by atoms with Crippen LogP contribution in [0.15, 0.2) is 78.1 Å². The van der Waals surface area contributed by atoms with Crippen LogP contribution in [0.3, 0.4) is 0 Å². The molecule has 0 amide bonds. The summed E-state index contributed by atoms with van der Waals surface area (Å²) in [7, 11) is 0. The normalized spacial score (nSPS) is 10.5. The molecule has 0 aliphatic rings. The van der Waals surface area contributed by atoms with Gasteiger partial charge in [0, 0.05) is 49.5 Å². The highest BCUT2D eigenvalue weighted by atomic mass is 16.1. The second kappa shape index (κ2) is 8.75. The number of aromatic amines is 1. The third-order valence-corrected chi connectivity index (χ3v) is 4.19. The van der Waals surface area contributed by atoms with E-state index in [1.54, 1.807) is 30.9 Å². The van der Waals surface area contributed by atoms with E-state index in [1.807, 2.05) is 30.3 Å². The molecule has 4 aromatic rings. The predicted molar refractivity (Wildman–Crippen MR) is 111 cm³/mol. The van der Waals surface area contributed by atoms with Crippen LogP contribution in [0.4, 0.5) is 11.9 Å². The van der Waals surface area contributed by atoms with Gasteiger partial charge in [-0.3, -0.25) is 14.8 Å². The lowest BCUT2D eigenvalue weighted by Crippen LogP contribution is -2.13. The average Bonchev–Trinajstić information content (AvgIpc) is 2.78. The molecule has 1 aromatic carbocycles. The highest BCUT2D eigenvalue weighted by Crippen LogP contribution is 2.15. The van der Waals surface area contributed by atoms with Crippen molar-refractivity contribution < 1.29 is 0 Å². The summed E-state index contributed by atoms with van der Waals surface area (Å²) in [5.41, 5.74) is 3.39. The van der Waals surface area contributed by atoms with Crippen molar-refractivity contribution >= 4 is 11.9 Å². The lowest BCUT2D eigenvalue weighted by atomic mass is 10.1. The van der Waals surface area contributed by atoms with Crippen molar-refractivity contribution in [2.75, 3.05) is 10.6 Å². The molecular formula is C21H19N7O. The Morgan fingerprint density at radius 3 is 2.31 bits per heavy atom. The molecule has 3 heterocycles. The summed E-state index contributed by atoms with van der Waals surface area (Å²) in [6.45, 7) is 1.14. The number of benzene rings is 1. The molecule has 0 atom stereocenters. The lowest BCUT2D eigenvalue weighted by molar-refractivity contribution is 1.02. The molecule has 144 valence electrons. The topological polar surface area (TPSA) is 108 Å². The van der Waals surface area contributed by atoms with Crippen molar-refractivity contribution in [1.29, 1.82) is 0 Å². The molecule has 4 rings (SSSR count). The van der Waals surface area contributed by atoms with Crippen LogP contribution in [0, 0.1) is 0 Å². The van der Waals surface area contributed by atoms with Gasteiger partial charge in [-0.15, -0.1) is 0 Å². The van der Waals surface area contributed by atoms with E-state index in [0.29, 0.717) is 30.7 Å². The molecular weight excluding hydrogens is 366 g/mol. The smallest absolute Gasteiger partial charge is 0.252 e. The number of nitrogens with zero attached hydrogens (tertiary/aromatic N) is 4. The highest BCUT2D eigenvalue weighted by Gasteiger charge is 2.04. The predicted octanol–water partition coefficient (Wildman–Crippen LogP) is 2.85. The van der Waals surface area contributed by atoms with E-state index in [0.717, 1.165) is 16.7 Å². The molecule has 3 aromatic heterocycles. The first kappa shape index (κ1) is 18.3. The van der Waals surface area contributed by atoms with Gasteiger partial charge < -0.3 is 10.6 Å². The zero-order valence-corrected chi connectivity index (χ0v) is 15.5. The molecule has 8 heteroatoms. The number of pyridine rings is 1. The molecule has 0 spiro atoms. The third kappa shape index (κ3) is 5.01. The van der Waals surface area contributed by atoms with Gasteiger partial charge in [0.15, 0.2) is 0 Å². The fourth-order valence-electron chi connectivity index (χ4n) is 2.82. The molecule has 0 saturated heterocycles. The van der Waals surface area contributed by atoms with Gasteiger partial charge in [0.05, 0.1) is 5.69 Å². The van der Waals surface area contributed by atoms with Gasteiger partial charge in [0.1, 0.15) is 0 Å². The molecule has 0 unspecified atom stereocenters. The summed E-state index contributed by atoms with van der Waals surface area (Å²) in [5, 5.41) is 6.37. The molecule has 0 aliphatic heterocycles. The third-order valence-electron chi connectivity index (χ3n) is 4.19. The van der Waals surface area contributed by atoms with Gasteiger partial charge in [0.25, 0.3) is 5.56 Å². The van der Waals surface area contributed by atoms with E-state index >= 15 is 0 Å². The Morgan fingerprint density at radius 1 is 0.828 bits per heavy atom. The van der Waals surface area contributed by atoms with Gasteiger partial charge in [-0.1, -0.05) is 24.3 Å². The summed E-state index contributed by atoms with van der Waals surface area (Å²) >= 11 is 0. The fourth-order valence-corrected chi connectivity index (χ4v) is 2.82. The zero-order chi connectivity index (χ0) is 19.9. The van der Waals surface area contributed by atoms with Gasteiger partial charge >= 0.3 is 0 Å². The van der Waals surface area contributed by atoms with E-state index < -0.39 is 0 Å². The van der Waals surface area contributed by atoms with E-state index in [1.165, 1.54) is 6.07 Å². The molecule has 3 N–H and O–H groups in total. The Kier molecular flexibility index (Phi) is 5.52. The zero-order valence-electron chi connectivity index (χ0n) is 15.5. The standard InChI is InChI=1S/C21H19N7O/c29-19-12-18(17-5-9-22-10-6-17)27-21(28-19)26-14-16-4-1-3-15(11-16)13-25-20-23-7-2-8-24-20/h1-12H,13-14H2,(H,23,24,25)(H2,26,27,28,29). The van der Waals surface area contributed by atoms with Gasteiger partial charge in [-0.05, 0) is 29.3 Å². The van der Waals surface area contributed by atoms with Gasteiger partial charge in [-0.25, -0.2) is 15.0 Å². The van der Waals surface area contributed by atoms with Crippen molar-refractivity contribution in [1.82, 2.24) is 24.9 Å². The Morgan fingerprint density at radius 2 is 1.55 bits per heavy atom. The Hall–Kier alpha value is -4.07. The number of anilines is 2. The van der Waals surface area contributed by atoms with Gasteiger partial charge in [-0.2, -0.15) is 0 Å². The summed E-state index contributed by atoms with van der Waals surface area (Å²) in [6, 6.07) is 15.0. The maximum Gasteiger partial charge on any atom is 0.252 e. The van der Waals surface area contributed by atoms with E-state index in [-0.39, 0.29) is 5.56 Å². The molecule has 0 aliphatic carbocycles. The molecule has 0 saturated carbocycles. The minimum Gasteiger partial charge on any atom is -0.352 e. The molecule has 8 nitrogen and oxygen atoms in total. The summed E-state index contributed by atoms with van der Waals surface area (Å²) in [4.78, 5) is 31.5. The van der Waals surface area contributed by atoms with Crippen LogP contribution < -0.4 is 16.2 Å². The second-order valence-electron chi connectivity index (χ2n) is 6.31. The molecule has 0 radical (unpaired) electrons. The lowest BCUT2D eigenvalue weighted by Gasteiger charge is -2.09. The van der Waals surface area contributed by atoms with E-state index in [2.05, 4.69) is 41.6 Å². The second-order valence-corrected chi connectivity index (χ2v) is 6.31. The Labute approximate surface area is 167 Å². The Balaban J connectivity index is 1.43. The number of aromatic nitrogens is 5. The van der Waals surface area contributed by atoms with Crippen molar-refractivity contribution in [3.8, 4) is 11.3 Å². The first-order valence-corrected chi connectivity index (χ1v) is 9.10. The first-order valence-electron chi connectivity index (χ1n) is 9.10. The van der Waals surface area contributed by atoms with Crippen LogP contribution in [0.1, 0.15) is 11.1 Å². The van der Waals surface area contributed by atoms with Crippen molar-refractivity contribution in [2.24, 2.45) is 0 Å². The van der Waals surface area contributed by atoms with Crippen LogP contribution in [0.5, 0.6) is 0 Å². The van der Waals surface area contributed by atoms with Gasteiger partial charge in [0.2, 0.25) is 11.9 Å². The average molecular weight is 385 g/mol. The number of rotatable bonds is 7. The minimum atomic E-state index is -0.213. The fraction of sp³-hybridized carbons (Fsp3) is 0.0952. The number of H-pyrrole nitrogens is 1. The Bertz CT molecular complexity index is 1130. The minimum absolute atomic E-state index is 0.213. The quantitative estimate of drug-likeness (QED) is 0.449. The maximum atomic E-state index is 12.0. The van der Waals surface area contributed by atoms with E-state index in [9.17, 15) is 4.79 Å². The van der Waals surface area contributed by atoms with Crippen molar-refractivity contribution in [2.45, 2.75) is 13.1 Å². The van der Waals surface area contributed by atoms with Crippen molar-refractivity contribution in [3.05, 3.63) is 94.8 Å². The largest absolute Gasteiger partial charge is 0.352 e. The monoisotopic (exact) mass is 385 g/mol. The number of hydrogen-bond acceptors (Lipinski definition) is 7. The summed E-state index contributed by atoms with van der Waals surface area (Å²) in [6.07, 6.45) is 6.74. The first-order chi connectivity index (χ1) is 14.3. The van der Waals surface area contributed by atoms with E-state index in [4.69, 9.17) is 0 Å². The van der Waals surface area contributed by atoms with Crippen molar-refractivity contribution in [3.63, 3.8) is 0 Å². The summed E-state index contributed by atoms with van der Waals surface area (Å²) in [5.74, 6) is 1.01. The number of nitrogens with one attached hydrogen (secondary N) is 3. The molecule has 0 fully saturated rings. The summed E-state index contributed by atoms with van der Waals surface area (Å²) < 4.78 is 0.